The van der Waals surface area contributed by atoms with Crippen LogP contribution in [-0.4, -0.2) is 40.8 Å². The summed E-state index contributed by atoms with van der Waals surface area (Å²) >= 11 is 0. The number of aliphatic hydroxyl groups is 1. The molecule has 0 aliphatic rings. The predicted molar refractivity (Wildman–Crippen MR) is 157 cm³/mol. The molecule has 0 saturated heterocycles. The van der Waals surface area contributed by atoms with Gasteiger partial charge in [-0.3, -0.25) is 4.79 Å². The van der Waals surface area contributed by atoms with Gasteiger partial charge in [0.2, 0.25) is 0 Å². The summed E-state index contributed by atoms with van der Waals surface area (Å²) in [4.78, 5) is 23.7. The van der Waals surface area contributed by atoms with E-state index in [2.05, 4.69) is 77.2 Å². The van der Waals surface area contributed by atoms with Crippen molar-refractivity contribution in [2.24, 2.45) is 11.3 Å². The van der Waals surface area contributed by atoms with Crippen LogP contribution in [0.5, 0.6) is 5.75 Å². The quantitative estimate of drug-likeness (QED) is 0.276. The van der Waals surface area contributed by atoms with Gasteiger partial charge in [-0.25, -0.2) is 4.79 Å². The minimum absolute atomic E-state index is 0.125. The molecule has 216 valence electrons. The second kappa shape index (κ2) is 13.5. The van der Waals surface area contributed by atoms with Gasteiger partial charge in [0.05, 0.1) is 6.10 Å². The fourth-order valence-corrected chi connectivity index (χ4v) is 5.21. The number of rotatable bonds is 13. The Morgan fingerprint density at radius 3 is 1.97 bits per heavy atom. The van der Waals surface area contributed by atoms with Crippen molar-refractivity contribution in [1.29, 1.82) is 0 Å². The zero-order chi connectivity index (χ0) is 29.5. The van der Waals surface area contributed by atoms with Gasteiger partial charge in [0.15, 0.2) is 6.61 Å². The van der Waals surface area contributed by atoms with Crippen molar-refractivity contribution in [3.8, 4) is 5.75 Å². The number of amides is 1. The van der Waals surface area contributed by atoms with Crippen LogP contribution < -0.4 is 10.1 Å². The van der Waals surface area contributed by atoms with Gasteiger partial charge in [0.1, 0.15) is 11.8 Å². The summed E-state index contributed by atoms with van der Waals surface area (Å²) in [6.45, 7) is 18.0. The van der Waals surface area contributed by atoms with Crippen molar-refractivity contribution in [3.05, 3.63) is 64.2 Å². The first-order valence-corrected chi connectivity index (χ1v) is 14.2. The number of aliphatic hydroxyl groups excluding tert-OH is 1. The largest absolute Gasteiger partial charge is 0.484 e. The minimum atomic E-state index is -1.06. The normalized spacial score (nSPS) is 13.7. The molecule has 2 aromatic rings. The van der Waals surface area contributed by atoms with E-state index in [1.54, 1.807) is 13.8 Å². The lowest BCUT2D eigenvalue weighted by Gasteiger charge is -2.34. The highest BCUT2D eigenvalue weighted by molar-refractivity contribution is 5.84. The molecule has 1 unspecified atom stereocenters. The number of hydrogen-bond donors (Lipinski definition) is 3. The molecule has 0 saturated carbocycles. The lowest BCUT2D eigenvalue weighted by Crippen LogP contribution is -2.46. The van der Waals surface area contributed by atoms with Crippen molar-refractivity contribution in [2.45, 2.75) is 106 Å². The van der Waals surface area contributed by atoms with Crippen molar-refractivity contribution in [2.75, 3.05) is 6.61 Å². The van der Waals surface area contributed by atoms with E-state index in [4.69, 9.17) is 4.74 Å². The molecule has 0 radical (unpaired) electrons. The third-order valence-corrected chi connectivity index (χ3v) is 8.12. The molecule has 2 rings (SSSR count). The Balaban J connectivity index is 2.23. The summed E-state index contributed by atoms with van der Waals surface area (Å²) in [6.07, 6.45) is 3.10. The summed E-state index contributed by atoms with van der Waals surface area (Å²) in [7, 11) is 0. The molecule has 0 bridgehead atoms. The van der Waals surface area contributed by atoms with Crippen LogP contribution in [0.1, 0.15) is 95.5 Å². The Labute approximate surface area is 235 Å². The summed E-state index contributed by atoms with van der Waals surface area (Å²) < 4.78 is 5.78. The Morgan fingerprint density at radius 1 is 0.949 bits per heavy atom. The molecule has 2 atom stereocenters. The van der Waals surface area contributed by atoms with E-state index in [-0.39, 0.29) is 29.5 Å². The highest BCUT2D eigenvalue weighted by atomic mass is 16.5. The van der Waals surface area contributed by atoms with E-state index in [1.165, 1.54) is 22.3 Å². The van der Waals surface area contributed by atoms with Gasteiger partial charge in [0, 0.05) is 5.41 Å². The molecule has 1 amide bonds. The number of carboxylic acid groups (broad SMARTS) is 1. The van der Waals surface area contributed by atoms with Crippen molar-refractivity contribution >= 4 is 11.9 Å². The van der Waals surface area contributed by atoms with Gasteiger partial charge in [0.25, 0.3) is 5.91 Å². The van der Waals surface area contributed by atoms with E-state index >= 15 is 0 Å². The van der Waals surface area contributed by atoms with Crippen LogP contribution in [0.25, 0.3) is 0 Å². The average molecular weight is 540 g/mol. The van der Waals surface area contributed by atoms with Gasteiger partial charge < -0.3 is 20.3 Å². The van der Waals surface area contributed by atoms with Crippen molar-refractivity contribution in [3.63, 3.8) is 0 Å². The predicted octanol–water partition coefficient (Wildman–Crippen LogP) is 6.35. The smallest absolute Gasteiger partial charge is 0.326 e. The highest BCUT2D eigenvalue weighted by Gasteiger charge is 2.32. The number of carbonyl (C=O) groups excluding carboxylic acids is 1. The molecule has 3 N–H and O–H groups in total. The summed E-state index contributed by atoms with van der Waals surface area (Å²) in [5.74, 6) is -1.13. The fourth-order valence-electron chi connectivity index (χ4n) is 5.21. The van der Waals surface area contributed by atoms with E-state index in [9.17, 15) is 19.8 Å². The third-order valence-electron chi connectivity index (χ3n) is 8.12. The molecule has 0 aliphatic heterocycles. The maximum Gasteiger partial charge on any atom is 0.326 e. The number of carbonyl (C=O) groups is 2. The number of benzene rings is 2. The van der Waals surface area contributed by atoms with Gasteiger partial charge in [-0.1, -0.05) is 78.8 Å². The monoisotopic (exact) mass is 539 g/mol. The van der Waals surface area contributed by atoms with Crippen LogP contribution >= 0.6 is 0 Å². The number of hydrogen-bond acceptors (Lipinski definition) is 4. The lowest BCUT2D eigenvalue weighted by molar-refractivity contribution is -0.143. The SMILES string of the molecule is CCC(CC)(c1ccc(CC[C@@H](O)C(C)(C)C)c(C)c1)c1ccc(OCC(=O)NC(C(=O)O)C(C)C)c(C)c1. The maximum absolute atomic E-state index is 12.3. The van der Waals surface area contributed by atoms with E-state index in [0.717, 1.165) is 31.2 Å². The molecule has 39 heavy (non-hydrogen) atoms. The Hall–Kier alpha value is -2.86. The molecule has 2 aromatic carbocycles. The molecular weight excluding hydrogens is 490 g/mol. The average Bonchev–Trinajstić information content (AvgIpc) is 2.86. The molecule has 0 spiro atoms. The highest BCUT2D eigenvalue weighted by Crippen LogP contribution is 2.41. The topological polar surface area (TPSA) is 95.9 Å². The number of aryl methyl sites for hydroxylation is 3. The van der Waals surface area contributed by atoms with E-state index in [0.29, 0.717) is 5.75 Å². The fraction of sp³-hybridized carbons (Fsp3) is 0.576. The Bertz CT molecular complexity index is 1130. The zero-order valence-electron chi connectivity index (χ0n) is 25.4. The van der Waals surface area contributed by atoms with Crippen LogP contribution in [0.15, 0.2) is 36.4 Å². The van der Waals surface area contributed by atoms with Gasteiger partial charge in [-0.15, -0.1) is 0 Å². The second-order valence-electron chi connectivity index (χ2n) is 12.2. The summed E-state index contributed by atoms with van der Waals surface area (Å²) in [5.41, 5.74) is 5.61. The van der Waals surface area contributed by atoms with E-state index in [1.807, 2.05) is 13.0 Å². The standard InChI is InChI=1S/C33H49NO5/c1-10-33(11-2,25-14-12-24(22(5)18-25)13-17-28(35)32(7,8)9)26-15-16-27(23(6)19-26)39-20-29(36)34-30(21(3)4)31(37)38/h12,14-16,18-19,21,28,30,35H,10-11,13,17,20H2,1-9H3,(H,34,36)(H,37,38)/t28-,30?/m1/s1. The van der Waals surface area contributed by atoms with Gasteiger partial charge in [-0.2, -0.15) is 0 Å². The van der Waals surface area contributed by atoms with Crippen LogP contribution in [0.4, 0.5) is 0 Å². The number of ether oxygens (including phenoxy) is 1. The molecule has 6 nitrogen and oxygen atoms in total. The maximum atomic E-state index is 12.3. The molecule has 0 heterocycles. The molecular formula is C33H49NO5. The Kier molecular flexibility index (Phi) is 11.2. The number of carboxylic acids is 1. The molecule has 6 heteroatoms. The van der Waals surface area contributed by atoms with Gasteiger partial charge in [-0.05, 0) is 84.7 Å². The zero-order valence-corrected chi connectivity index (χ0v) is 25.4. The first kappa shape index (κ1) is 32.4. The Morgan fingerprint density at radius 2 is 1.51 bits per heavy atom. The second-order valence-corrected chi connectivity index (χ2v) is 12.2. The minimum Gasteiger partial charge on any atom is -0.484 e. The molecule has 0 aliphatic carbocycles. The van der Waals surface area contributed by atoms with Crippen LogP contribution in [0.2, 0.25) is 0 Å². The third kappa shape index (κ3) is 8.07. The van der Waals surface area contributed by atoms with Crippen LogP contribution in [0, 0.1) is 25.2 Å². The van der Waals surface area contributed by atoms with E-state index < -0.39 is 17.9 Å². The summed E-state index contributed by atoms with van der Waals surface area (Å²) in [6, 6.07) is 11.9. The molecule has 0 fully saturated rings. The van der Waals surface area contributed by atoms with Crippen LogP contribution in [-0.2, 0) is 21.4 Å². The van der Waals surface area contributed by atoms with Crippen molar-refractivity contribution < 1.29 is 24.5 Å². The van der Waals surface area contributed by atoms with Crippen molar-refractivity contribution in [1.82, 2.24) is 5.32 Å². The summed E-state index contributed by atoms with van der Waals surface area (Å²) in [5, 5.41) is 22.3. The van der Waals surface area contributed by atoms with Crippen LogP contribution in [0.3, 0.4) is 0 Å². The first-order chi connectivity index (χ1) is 18.2. The number of aliphatic carboxylic acids is 1. The molecule has 0 aromatic heterocycles. The number of nitrogens with one attached hydrogen (secondary N) is 1. The van der Waals surface area contributed by atoms with Gasteiger partial charge >= 0.3 is 5.97 Å². The first-order valence-electron chi connectivity index (χ1n) is 14.2. The lowest BCUT2D eigenvalue weighted by atomic mass is 9.69.